The van der Waals surface area contributed by atoms with Crippen molar-refractivity contribution in [2.45, 2.75) is 20.8 Å². The van der Waals surface area contributed by atoms with Gasteiger partial charge in [0, 0.05) is 6.65 Å². The normalized spacial score (nSPS) is 10.4. The van der Waals surface area contributed by atoms with Crippen molar-refractivity contribution in [2.24, 2.45) is 0 Å². The Morgan fingerprint density at radius 1 is 1.67 bits per heavy atom. The van der Waals surface area contributed by atoms with Crippen molar-refractivity contribution in [3.8, 4) is 0 Å². The second kappa shape index (κ2) is 5.35. The van der Waals surface area contributed by atoms with Gasteiger partial charge < -0.3 is 0 Å². The lowest BCUT2D eigenvalue weighted by molar-refractivity contribution is 1.06. The molecule has 0 aliphatic heterocycles. The van der Waals surface area contributed by atoms with E-state index in [9.17, 15) is 0 Å². The van der Waals surface area contributed by atoms with Gasteiger partial charge in [-0.3, -0.25) is 5.10 Å². The van der Waals surface area contributed by atoms with Gasteiger partial charge >= 0.3 is 0 Å². The first-order valence-electron chi connectivity index (χ1n) is 4.05. The Hall–Kier alpha value is -1.31. The molecule has 0 aliphatic carbocycles. The molecule has 0 saturated heterocycles. The Morgan fingerprint density at radius 2 is 2.25 bits per heavy atom. The molecule has 2 heteroatoms. The lowest BCUT2D eigenvalue weighted by Gasteiger charge is -1.80. The van der Waals surface area contributed by atoms with E-state index in [1.807, 2.05) is 26.8 Å². The molecule has 0 aromatic carbocycles. The molecule has 12 heavy (non-hydrogen) atoms. The predicted molar refractivity (Wildman–Crippen MR) is 56.1 cm³/mol. The lowest BCUT2D eigenvalue weighted by Crippen LogP contribution is -2.20. The highest BCUT2D eigenvalue weighted by molar-refractivity contribution is 5.41. The van der Waals surface area contributed by atoms with Gasteiger partial charge in [-0.2, -0.15) is 5.10 Å². The van der Waals surface area contributed by atoms with E-state index in [4.69, 9.17) is 0 Å². The Morgan fingerprint density at radius 3 is 2.58 bits per heavy atom. The summed E-state index contributed by atoms with van der Waals surface area (Å²) in [6.07, 6.45) is 3.60. The Bertz CT molecular complexity index is 338. The van der Waals surface area contributed by atoms with Crippen LogP contribution in [0, 0.1) is 0 Å². The molecule has 0 fully saturated rings. The summed E-state index contributed by atoms with van der Waals surface area (Å²) in [7, 11) is 0. The summed E-state index contributed by atoms with van der Waals surface area (Å²) in [5.41, 5.74) is 0.995. The summed E-state index contributed by atoms with van der Waals surface area (Å²) in [5.74, 6) is 0. The minimum Gasteiger partial charge on any atom is -0.278 e. The highest BCUT2D eigenvalue weighted by Gasteiger charge is 1.82. The molecule has 0 amide bonds. The molecule has 68 valence electrons. The second-order valence-electron chi connectivity index (χ2n) is 2.30. The number of rotatable bonds is 1. The molecule has 2 nitrogen and oxygen atoms in total. The SMILES string of the molecule is C=C(C)/C=c1/[nH]ncc1=C.CC.[HH]. The Balaban J connectivity index is 0. The third-order valence-corrected chi connectivity index (χ3v) is 1.14. The fourth-order valence-electron chi connectivity index (χ4n) is 0.692. The molecule has 0 spiro atoms. The first-order chi connectivity index (χ1) is 5.70. The molecular formula is C10H18N2. The molecule has 0 bridgehead atoms. The summed E-state index contributed by atoms with van der Waals surface area (Å²) >= 11 is 0. The monoisotopic (exact) mass is 166 g/mol. The molecule has 0 saturated carbocycles. The third-order valence-electron chi connectivity index (χ3n) is 1.14. The highest BCUT2D eigenvalue weighted by Crippen LogP contribution is 1.83. The van der Waals surface area contributed by atoms with Crippen LogP contribution in [-0.2, 0) is 0 Å². The fourth-order valence-corrected chi connectivity index (χ4v) is 0.692. The van der Waals surface area contributed by atoms with Crippen LogP contribution in [0.1, 0.15) is 22.2 Å². The number of H-pyrrole nitrogens is 1. The van der Waals surface area contributed by atoms with E-state index in [-0.39, 0.29) is 1.43 Å². The molecule has 0 unspecified atom stereocenters. The third kappa shape index (κ3) is 3.19. The van der Waals surface area contributed by atoms with Crippen LogP contribution in [0.15, 0.2) is 18.3 Å². The molecule has 1 rings (SSSR count). The Kier molecular flexibility index (Phi) is 4.77. The molecule has 0 radical (unpaired) electrons. The number of nitrogens with one attached hydrogen (secondary N) is 1. The second-order valence-corrected chi connectivity index (χ2v) is 2.30. The largest absolute Gasteiger partial charge is 0.278 e. The van der Waals surface area contributed by atoms with Gasteiger partial charge in [-0.05, 0) is 13.0 Å². The van der Waals surface area contributed by atoms with Crippen LogP contribution in [-0.4, -0.2) is 10.2 Å². The molecule has 1 heterocycles. The van der Waals surface area contributed by atoms with Gasteiger partial charge in [0.05, 0.1) is 11.5 Å². The van der Waals surface area contributed by atoms with Crippen molar-refractivity contribution in [3.05, 3.63) is 28.9 Å². The minimum atomic E-state index is 0. The van der Waals surface area contributed by atoms with E-state index in [0.29, 0.717) is 0 Å². The standard InChI is InChI=1S/C8H10N2.C2H6.H2/c1-6(2)4-8-7(3)5-9-10-8;1-2;/h4-5,10H,1,3H2,2H3;1-2H3;1H/b8-4+;;. The average Bonchev–Trinajstić information content (AvgIpc) is 2.40. The van der Waals surface area contributed by atoms with Crippen LogP contribution >= 0.6 is 0 Å². The van der Waals surface area contributed by atoms with Crippen molar-refractivity contribution in [3.63, 3.8) is 0 Å². The molecular weight excluding hydrogens is 148 g/mol. The number of hydrogen-bond acceptors (Lipinski definition) is 1. The van der Waals surface area contributed by atoms with Crippen molar-refractivity contribution >= 4 is 12.7 Å². The first-order valence-corrected chi connectivity index (χ1v) is 4.05. The van der Waals surface area contributed by atoms with Gasteiger partial charge in [-0.15, -0.1) is 0 Å². The van der Waals surface area contributed by atoms with E-state index in [0.717, 1.165) is 16.1 Å². The summed E-state index contributed by atoms with van der Waals surface area (Å²) in [4.78, 5) is 0. The molecule has 0 aliphatic rings. The van der Waals surface area contributed by atoms with Gasteiger partial charge in [0.1, 0.15) is 0 Å². The van der Waals surface area contributed by atoms with E-state index in [2.05, 4.69) is 23.4 Å². The van der Waals surface area contributed by atoms with Gasteiger partial charge in [-0.25, -0.2) is 0 Å². The summed E-state index contributed by atoms with van der Waals surface area (Å²) in [5, 5.41) is 8.47. The van der Waals surface area contributed by atoms with Gasteiger partial charge in [-0.1, -0.05) is 32.6 Å². The minimum absolute atomic E-state index is 0. The topological polar surface area (TPSA) is 28.7 Å². The number of aromatic amines is 1. The number of hydrogen-bond donors (Lipinski definition) is 1. The lowest BCUT2D eigenvalue weighted by atomic mass is 10.3. The molecule has 1 aromatic heterocycles. The van der Waals surface area contributed by atoms with E-state index >= 15 is 0 Å². The van der Waals surface area contributed by atoms with Gasteiger partial charge in [0.25, 0.3) is 0 Å². The van der Waals surface area contributed by atoms with Crippen molar-refractivity contribution < 1.29 is 1.43 Å². The van der Waals surface area contributed by atoms with Crippen LogP contribution in [0.4, 0.5) is 0 Å². The summed E-state index contributed by atoms with van der Waals surface area (Å²) in [6.45, 7) is 13.4. The maximum absolute atomic E-state index is 3.81. The van der Waals surface area contributed by atoms with Crippen LogP contribution in [0.2, 0.25) is 0 Å². The number of aromatic nitrogens is 2. The summed E-state index contributed by atoms with van der Waals surface area (Å²) in [6, 6.07) is 0. The smallest absolute Gasteiger partial charge is 0.0646 e. The van der Waals surface area contributed by atoms with Gasteiger partial charge in [0.15, 0.2) is 0 Å². The first kappa shape index (κ1) is 10.7. The summed E-state index contributed by atoms with van der Waals surface area (Å²) < 4.78 is 0. The zero-order valence-corrected chi connectivity index (χ0v) is 8.02. The van der Waals surface area contributed by atoms with Crippen molar-refractivity contribution in [2.75, 3.05) is 0 Å². The highest BCUT2D eigenvalue weighted by atomic mass is 15.1. The average molecular weight is 166 g/mol. The Labute approximate surface area is 74.8 Å². The molecule has 1 N–H and O–H groups in total. The van der Waals surface area contributed by atoms with Crippen LogP contribution in [0.5, 0.6) is 0 Å². The molecule has 0 atom stereocenters. The van der Waals surface area contributed by atoms with Crippen molar-refractivity contribution in [1.82, 2.24) is 10.2 Å². The van der Waals surface area contributed by atoms with Crippen LogP contribution < -0.4 is 10.6 Å². The van der Waals surface area contributed by atoms with Crippen LogP contribution in [0.25, 0.3) is 12.7 Å². The molecule has 1 aromatic rings. The number of nitrogens with zero attached hydrogens (tertiary/aromatic N) is 1. The quantitative estimate of drug-likeness (QED) is 0.672. The van der Waals surface area contributed by atoms with E-state index in [1.165, 1.54) is 0 Å². The van der Waals surface area contributed by atoms with Crippen molar-refractivity contribution in [1.29, 1.82) is 0 Å². The van der Waals surface area contributed by atoms with E-state index < -0.39 is 0 Å². The maximum atomic E-state index is 3.81. The zero-order valence-electron chi connectivity index (χ0n) is 8.02. The van der Waals surface area contributed by atoms with Gasteiger partial charge in [0.2, 0.25) is 0 Å². The number of allylic oxidation sites excluding steroid dienone is 1. The maximum Gasteiger partial charge on any atom is 0.0646 e. The fraction of sp³-hybridized carbons (Fsp3) is 0.300. The van der Waals surface area contributed by atoms with Crippen LogP contribution in [0.3, 0.4) is 0 Å². The predicted octanol–water partition coefficient (Wildman–Crippen LogP) is 1.45. The van der Waals surface area contributed by atoms with E-state index in [1.54, 1.807) is 6.20 Å². The zero-order chi connectivity index (χ0) is 9.56.